The zero-order valence-electron chi connectivity index (χ0n) is 8.78. The van der Waals surface area contributed by atoms with E-state index in [-0.39, 0.29) is 4.96 Å². The topological polar surface area (TPSA) is 62.8 Å². The Kier molecular flexibility index (Phi) is 2.57. The highest BCUT2D eigenvalue weighted by Gasteiger charge is 2.37. The van der Waals surface area contributed by atoms with Gasteiger partial charge in [-0.1, -0.05) is 16.5 Å². The number of hydrogen-bond acceptors (Lipinski definition) is 5. The highest BCUT2D eigenvalue weighted by Crippen LogP contribution is 2.29. The van der Waals surface area contributed by atoms with Crippen molar-refractivity contribution < 1.29 is 18.4 Å². The molecule has 0 saturated heterocycles. The monoisotopic (exact) mass is 264 g/mol. The molecule has 0 spiro atoms. The van der Waals surface area contributed by atoms with Crippen LogP contribution < -0.4 is 0 Å². The normalized spacial score (nSPS) is 13.6. The average molecular weight is 264 g/mol. The van der Waals surface area contributed by atoms with E-state index in [1.807, 2.05) is 0 Å². The molecule has 0 unspecified atom stereocenters. The molecule has 17 heavy (non-hydrogen) atoms. The number of fused-ring (bicyclic) bond motifs is 1. The molecule has 0 atom stereocenters. The third-order valence-electron chi connectivity index (χ3n) is 2.15. The lowest BCUT2D eigenvalue weighted by molar-refractivity contribution is -0.144. The van der Waals surface area contributed by atoms with Crippen LogP contribution in [0.1, 0.15) is 23.3 Å². The molecule has 0 saturated carbocycles. The first-order valence-electron chi connectivity index (χ1n) is 4.47. The summed E-state index contributed by atoms with van der Waals surface area (Å²) in [6.07, 6.45) is -4.56. The highest BCUT2D eigenvalue weighted by molar-refractivity contribution is 7.19. The van der Waals surface area contributed by atoms with Gasteiger partial charge in [0, 0.05) is 0 Å². The van der Waals surface area contributed by atoms with Gasteiger partial charge >= 0.3 is 6.18 Å². The summed E-state index contributed by atoms with van der Waals surface area (Å²) in [6.45, 7) is 3.13. The molecule has 1 N–H and O–H groups in total. The number of nitrogens with zero attached hydrogens (tertiary/aromatic N) is 4. The molecule has 9 heteroatoms. The Morgan fingerprint density at radius 1 is 1.47 bits per heavy atom. The van der Waals surface area contributed by atoms with Crippen LogP contribution in [0, 0.1) is 6.92 Å². The van der Waals surface area contributed by atoms with E-state index >= 15 is 0 Å². The third kappa shape index (κ3) is 1.86. The first-order valence-corrected chi connectivity index (χ1v) is 5.28. The van der Waals surface area contributed by atoms with Crippen LogP contribution in [0.25, 0.3) is 4.96 Å². The quantitative estimate of drug-likeness (QED) is 0.488. The Balaban J connectivity index is 2.61. The summed E-state index contributed by atoms with van der Waals surface area (Å²) in [7, 11) is 0. The zero-order valence-corrected chi connectivity index (χ0v) is 9.59. The largest absolute Gasteiger partial charge is 0.453 e. The Hall–Kier alpha value is -1.64. The fraction of sp³-hybridized carbons (Fsp3) is 0.375. The molecule has 2 rings (SSSR count). The molecule has 5 nitrogen and oxygen atoms in total. The van der Waals surface area contributed by atoms with Gasteiger partial charge in [0.05, 0.1) is 16.3 Å². The van der Waals surface area contributed by atoms with Crippen molar-refractivity contribution >= 4 is 22.0 Å². The van der Waals surface area contributed by atoms with Crippen molar-refractivity contribution in [3.63, 3.8) is 0 Å². The minimum Gasteiger partial charge on any atom is -0.411 e. The van der Waals surface area contributed by atoms with Gasteiger partial charge in [0.1, 0.15) is 0 Å². The second kappa shape index (κ2) is 3.69. The van der Waals surface area contributed by atoms with Crippen LogP contribution in [-0.4, -0.2) is 25.5 Å². The fourth-order valence-corrected chi connectivity index (χ4v) is 2.35. The van der Waals surface area contributed by atoms with Crippen molar-refractivity contribution in [3.8, 4) is 0 Å². The molecule has 0 aliphatic rings. The summed E-state index contributed by atoms with van der Waals surface area (Å²) in [5.74, 6) is -1.17. The maximum Gasteiger partial charge on any atom is 0.453 e. The second-order valence-electron chi connectivity index (χ2n) is 3.33. The summed E-state index contributed by atoms with van der Waals surface area (Å²) in [5, 5.41) is 15.0. The summed E-state index contributed by atoms with van der Waals surface area (Å²) in [4.78, 5) is 4.06. The minimum atomic E-state index is -4.56. The molecule has 0 aromatic carbocycles. The Morgan fingerprint density at radius 3 is 2.59 bits per heavy atom. The Labute approximate surface area is 97.2 Å². The summed E-state index contributed by atoms with van der Waals surface area (Å²) < 4.78 is 38.2. The number of aryl methyl sites for hydroxylation is 1. The minimum absolute atomic E-state index is 0.118. The van der Waals surface area contributed by atoms with Crippen LogP contribution in [0.5, 0.6) is 0 Å². The van der Waals surface area contributed by atoms with Crippen molar-refractivity contribution in [1.82, 2.24) is 14.6 Å². The van der Waals surface area contributed by atoms with Gasteiger partial charge in [-0.15, -0.1) is 5.10 Å². The van der Waals surface area contributed by atoms with E-state index in [1.54, 1.807) is 13.8 Å². The van der Waals surface area contributed by atoms with Crippen molar-refractivity contribution in [3.05, 3.63) is 16.4 Å². The Bertz CT molecular complexity index is 598. The van der Waals surface area contributed by atoms with Gasteiger partial charge in [0.2, 0.25) is 4.96 Å². The molecule has 0 aliphatic carbocycles. The molecular formula is C8H7F3N4OS. The molecule has 0 bridgehead atoms. The maximum atomic E-state index is 12.4. The predicted octanol–water partition coefficient (Wildman–Crippen LogP) is 2.32. The molecule has 0 aliphatic heterocycles. The lowest BCUT2D eigenvalue weighted by Gasteiger charge is -1.98. The summed E-state index contributed by atoms with van der Waals surface area (Å²) >= 11 is 0.992. The van der Waals surface area contributed by atoms with Crippen molar-refractivity contribution in [2.45, 2.75) is 20.0 Å². The molecule has 92 valence electrons. The van der Waals surface area contributed by atoms with E-state index in [4.69, 9.17) is 5.21 Å². The van der Waals surface area contributed by atoms with Crippen LogP contribution in [0.15, 0.2) is 5.16 Å². The number of thiazole rings is 1. The highest BCUT2D eigenvalue weighted by atomic mass is 32.1. The van der Waals surface area contributed by atoms with Crippen LogP contribution >= 0.6 is 11.3 Å². The van der Waals surface area contributed by atoms with Gasteiger partial charge in [-0.3, -0.25) is 0 Å². The van der Waals surface area contributed by atoms with E-state index < -0.39 is 12.0 Å². The van der Waals surface area contributed by atoms with Gasteiger partial charge in [-0.25, -0.2) is 4.52 Å². The molecule has 0 radical (unpaired) electrons. The number of hydrogen-bond donors (Lipinski definition) is 1. The number of alkyl halides is 3. The lowest BCUT2D eigenvalue weighted by Crippen LogP contribution is -2.08. The van der Waals surface area contributed by atoms with E-state index in [1.165, 1.54) is 0 Å². The van der Waals surface area contributed by atoms with Gasteiger partial charge < -0.3 is 5.21 Å². The average Bonchev–Trinajstić information content (AvgIpc) is 2.77. The second-order valence-corrected chi connectivity index (χ2v) is 4.31. The lowest BCUT2D eigenvalue weighted by atomic mass is 10.3. The van der Waals surface area contributed by atoms with E-state index in [2.05, 4.69) is 15.2 Å². The Morgan fingerprint density at radius 2 is 2.12 bits per heavy atom. The van der Waals surface area contributed by atoms with Crippen LogP contribution in [0.4, 0.5) is 13.2 Å². The standard InChI is InChI=1S/C8H7F3N4OS/c1-3(14-16)5-4(2)15-7(17-5)12-6(13-15)8(9,10)11/h16H,1-2H3/b14-3-. The molecule has 0 fully saturated rings. The summed E-state index contributed by atoms with van der Waals surface area (Å²) in [6, 6.07) is 0. The van der Waals surface area contributed by atoms with E-state index in [0.717, 1.165) is 15.9 Å². The predicted molar refractivity (Wildman–Crippen MR) is 54.6 cm³/mol. The smallest absolute Gasteiger partial charge is 0.411 e. The maximum absolute atomic E-state index is 12.4. The van der Waals surface area contributed by atoms with E-state index in [9.17, 15) is 13.2 Å². The van der Waals surface area contributed by atoms with E-state index in [0.29, 0.717) is 16.3 Å². The zero-order chi connectivity index (χ0) is 12.8. The van der Waals surface area contributed by atoms with Gasteiger partial charge in [0.25, 0.3) is 5.82 Å². The van der Waals surface area contributed by atoms with Gasteiger partial charge in [-0.2, -0.15) is 18.2 Å². The molecule has 2 aromatic rings. The number of aromatic nitrogens is 3. The first kappa shape index (κ1) is 11.8. The third-order valence-corrected chi connectivity index (χ3v) is 3.39. The number of oxime groups is 1. The van der Waals surface area contributed by atoms with Gasteiger partial charge in [0.15, 0.2) is 0 Å². The number of halogens is 3. The molecule has 0 amide bonds. The van der Waals surface area contributed by atoms with Crippen LogP contribution in [-0.2, 0) is 6.18 Å². The molecule has 2 heterocycles. The summed E-state index contributed by atoms with van der Waals surface area (Å²) in [5.41, 5.74) is 0.775. The van der Waals surface area contributed by atoms with Crippen molar-refractivity contribution in [2.24, 2.45) is 5.16 Å². The first-order chi connectivity index (χ1) is 7.84. The van der Waals surface area contributed by atoms with Crippen molar-refractivity contribution in [1.29, 1.82) is 0 Å². The fourth-order valence-electron chi connectivity index (χ4n) is 1.34. The molecular weight excluding hydrogens is 257 g/mol. The number of rotatable bonds is 1. The SMILES string of the molecule is C/C(=N/O)c1sc2nc(C(F)(F)F)nn2c1C. The molecule has 2 aromatic heterocycles. The van der Waals surface area contributed by atoms with Crippen molar-refractivity contribution in [2.75, 3.05) is 0 Å². The van der Waals surface area contributed by atoms with Gasteiger partial charge in [-0.05, 0) is 13.8 Å². The van der Waals surface area contributed by atoms with Crippen LogP contribution in [0.2, 0.25) is 0 Å². The van der Waals surface area contributed by atoms with Crippen LogP contribution in [0.3, 0.4) is 0 Å².